The molecule has 0 bridgehead atoms. The molecule has 0 aliphatic carbocycles. The standard InChI is InChI=1S/C9H7ClF3N3O/c1-4(17)7-14-15-8-6(10)2-5(3-16(7)8)9(11,12)13/h2-4,17H,1H3. The van der Waals surface area contributed by atoms with Gasteiger partial charge in [-0.05, 0) is 13.0 Å². The van der Waals surface area contributed by atoms with Crippen molar-refractivity contribution >= 4 is 17.2 Å². The van der Waals surface area contributed by atoms with Gasteiger partial charge in [0.05, 0.1) is 10.6 Å². The van der Waals surface area contributed by atoms with Crippen molar-refractivity contribution in [1.29, 1.82) is 0 Å². The van der Waals surface area contributed by atoms with Gasteiger partial charge in [-0.25, -0.2) is 0 Å². The van der Waals surface area contributed by atoms with Gasteiger partial charge in [-0.15, -0.1) is 10.2 Å². The molecule has 2 aromatic heterocycles. The summed E-state index contributed by atoms with van der Waals surface area (Å²) in [6.07, 6.45) is -4.74. The highest BCUT2D eigenvalue weighted by atomic mass is 35.5. The van der Waals surface area contributed by atoms with Crippen LogP contribution in [0.4, 0.5) is 13.2 Å². The molecule has 0 saturated carbocycles. The largest absolute Gasteiger partial charge is 0.417 e. The molecule has 1 unspecified atom stereocenters. The van der Waals surface area contributed by atoms with Gasteiger partial charge in [0.1, 0.15) is 6.10 Å². The van der Waals surface area contributed by atoms with Crippen LogP contribution in [-0.2, 0) is 6.18 Å². The number of alkyl halides is 3. The van der Waals surface area contributed by atoms with Crippen LogP contribution in [0.5, 0.6) is 0 Å². The number of rotatable bonds is 1. The van der Waals surface area contributed by atoms with Crippen molar-refractivity contribution in [3.63, 3.8) is 0 Å². The number of pyridine rings is 1. The summed E-state index contributed by atoms with van der Waals surface area (Å²) in [5, 5.41) is 16.4. The lowest BCUT2D eigenvalue weighted by Crippen LogP contribution is -2.08. The Bertz CT molecular complexity index is 564. The van der Waals surface area contributed by atoms with Gasteiger partial charge in [0, 0.05) is 6.20 Å². The second-order valence-corrected chi connectivity index (χ2v) is 3.91. The van der Waals surface area contributed by atoms with E-state index in [0.29, 0.717) is 0 Å². The quantitative estimate of drug-likeness (QED) is 0.862. The van der Waals surface area contributed by atoms with Crippen LogP contribution >= 0.6 is 11.6 Å². The molecule has 2 rings (SSSR count). The van der Waals surface area contributed by atoms with Gasteiger partial charge in [0.25, 0.3) is 0 Å². The zero-order valence-electron chi connectivity index (χ0n) is 8.53. The van der Waals surface area contributed by atoms with Gasteiger partial charge in [-0.2, -0.15) is 13.2 Å². The fourth-order valence-electron chi connectivity index (χ4n) is 1.41. The van der Waals surface area contributed by atoms with Gasteiger partial charge < -0.3 is 5.11 Å². The molecule has 0 spiro atoms. The number of nitrogens with zero attached hydrogens (tertiary/aromatic N) is 3. The summed E-state index contributed by atoms with van der Waals surface area (Å²) >= 11 is 5.68. The van der Waals surface area contributed by atoms with E-state index in [4.69, 9.17) is 11.6 Å². The third kappa shape index (κ3) is 2.07. The summed E-state index contributed by atoms with van der Waals surface area (Å²) in [6.45, 7) is 1.38. The summed E-state index contributed by atoms with van der Waals surface area (Å²) in [4.78, 5) is 0. The molecule has 8 heteroatoms. The van der Waals surface area contributed by atoms with E-state index in [0.717, 1.165) is 16.7 Å². The molecule has 1 N–H and O–H groups in total. The number of hydrogen-bond donors (Lipinski definition) is 1. The molecule has 0 saturated heterocycles. The number of fused-ring (bicyclic) bond motifs is 1. The summed E-state index contributed by atoms with van der Waals surface area (Å²) in [7, 11) is 0. The molecular weight excluding hydrogens is 259 g/mol. The highest BCUT2D eigenvalue weighted by molar-refractivity contribution is 6.33. The van der Waals surface area contributed by atoms with Crippen molar-refractivity contribution in [2.24, 2.45) is 0 Å². The van der Waals surface area contributed by atoms with Gasteiger partial charge in [0.15, 0.2) is 11.5 Å². The Morgan fingerprint density at radius 2 is 2.06 bits per heavy atom. The number of aromatic nitrogens is 3. The number of hydrogen-bond acceptors (Lipinski definition) is 3. The molecule has 0 aliphatic heterocycles. The van der Waals surface area contributed by atoms with Crippen molar-refractivity contribution < 1.29 is 18.3 Å². The van der Waals surface area contributed by atoms with Gasteiger partial charge in [0.2, 0.25) is 0 Å². The zero-order valence-corrected chi connectivity index (χ0v) is 9.29. The fourth-order valence-corrected chi connectivity index (χ4v) is 1.66. The van der Waals surface area contributed by atoms with Gasteiger partial charge in [-0.3, -0.25) is 4.40 Å². The molecule has 92 valence electrons. The van der Waals surface area contributed by atoms with Crippen LogP contribution in [0.1, 0.15) is 24.4 Å². The third-order valence-corrected chi connectivity index (χ3v) is 2.47. The Morgan fingerprint density at radius 1 is 1.41 bits per heavy atom. The molecular formula is C9H7ClF3N3O. The lowest BCUT2D eigenvalue weighted by molar-refractivity contribution is -0.137. The molecule has 2 heterocycles. The molecule has 0 fully saturated rings. The molecule has 0 aliphatic rings. The first-order valence-electron chi connectivity index (χ1n) is 4.60. The predicted molar refractivity (Wildman–Crippen MR) is 53.6 cm³/mol. The van der Waals surface area contributed by atoms with E-state index >= 15 is 0 Å². The Labute approximate surface area is 98.6 Å². The zero-order chi connectivity index (χ0) is 12.8. The molecule has 17 heavy (non-hydrogen) atoms. The highest BCUT2D eigenvalue weighted by Gasteiger charge is 2.32. The second kappa shape index (κ2) is 3.85. The van der Waals surface area contributed by atoms with Gasteiger partial charge >= 0.3 is 6.18 Å². The average Bonchev–Trinajstić information content (AvgIpc) is 2.60. The first kappa shape index (κ1) is 12.1. The molecule has 1 atom stereocenters. The minimum absolute atomic E-state index is 0.00741. The van der Waals surface area contributed by atoms with E-state index in [2.05, 4.69) is 10.2 Å². The second-order valence-electron chi connectivity index (χ2n) is 3.50. The van der Waals surface area contributed by atoms with Crippen molar-refractivity contribution in [1.82, 2.24) is 14.6 Å². The van der Waals surface area contributed by atoms with Crippen molar-refractivity contribution in [3.05, 3.63) is 28.7 Å². The number of halogens is 4. The smallest absolute Gasteiger partial charge is 0.385 e. The minimum atomic E-state index is -4.52. The number of aliphatic hydroxyl groups is 1. The maximum Gasteiger partial charge on any atom is 0.417 e. The summed E-state index contributed by atoms with van der Waals surface area (Å²) in [5.74, 6) is 0.00741. The Kier molecular flexibility index (Phi) is 2.75. The molecule has 0 amide bonds. The third-order valence-electron chi connectivity index (χ3n) is 2.19. The molecule has 4 nitrogen and oxygen atoms in total. The highest BCUT2D eigenvalue weighted by Crippen LogP contribution is 2.32. The molecule has 2 aromatic rings. The Morgan fingerprint density at radius 3 is 2.59 bits per heavy atom. The summed E-state index contributed by atoms with van der Waals surface area (Å²) < 4.78 is 38.7. The average molecular weight is 266 g/mol. The van der Waals surface area contributed by atoms with Crippen molar-refractivity contribution in [2.75, 3.05) is 0 Å². The maximum atomic E-state index is 12.6. The van der Waals surface area contributed by atoms with Crippen LogP contribution < -0.4 is 0 Å². The van der Waals surface area contributed by atoms with Crippen molar-refractivity contribution in [2.45, 2.75) is 19.2 Å². The summed E-state index contributed by atoms with van der Waals surface area (Å²) in [6, 6.07) is 0.775. The predicted octanol–water partition coefficient (Wildman–Crippen LogP) is 2.45. The molecule has 0 aromatic carbocycles. The van der Waals surface area contributed by atoms with Crippen LogP contribution in [0.2, 0.25) is 5.02 Å². The van der Waals surface area contributed by atoms with E-state index in [9.17, 15) is 18.3 Å². The maximum absolute atomic E-state index is 12.6. The van der Waals surface area contributed by atoms with E-state index < -0.39 is 17.8 Å². The first-order chi connectivity index (χ1) is 7.80. The SMILES string of the molecule is CC(O)c1nnc2c(Cl)cc(C(F)(F)F)cn12. The monoisotopic (exact) mass is 265 g/mol. The lowest BCUT2D eigenvalue weighted by Gasteiger charge is -2.09. The summed E-state index contributed by atoms with van der Waals surface area (Å²) in [5.41, 5.74) is -0.840. The van der Waals surface area contributed by atoms with Crippen LogP contribution in [0.3, 0.4) is 0 Å². The Balaban J connectivity index is 2.74. The normalized spacial score (nSPS) is 14.2. The molecule has 0 radical (unpaired) electrons. The van der Waals surface area contributed by atoms with Crippen LogP contribution in [0.15, 0.2) is 12.3 Å². The van der Waals surface area contributed by atoms with Crippen LogP contribution in [0.25, 0.3) is 5.65 Å². The van der Waals surface area contributed by atoms with Crippen molar-refractivity contribution in [3.8, 4) is 0 Å². The van der Waals surface area contributed by atoms with E-state index in [1.54, 1.807) is 0 Å². The Hall–Kier alpha value is -1.34. The van der Waals surface area contributed by atoms with E-state index in [-0.39, 0.29) is 16.5 Å². The first-order valence-corrected chi connectivity index (χ1v) is 4.98. The van der Waals surface area contributed by atoms with Crippen LogP contribution in [-0.4, -0.2) is 19.7 Å². The van der Waals surface area contributed by atoms with E-state index in [1.807, 2.05) is 0 Å². The van der Waals surface area contributed by atoms with E-state index in [1.165, 1.54) is 6.92 Å². The lowest BCUT2D eigenvalue weighted by atomic mass is 10.2. The minimum Gasteiger partial charge on any atom is -0.385 e. The van der Waals surface area contributed by atoms with Gasteiger partial charge in [-0.1, -0.05) is 11.6 Å². The topological polar surface area (TPSA) is 50.4 Å². The van der Waals surface area contributed by atoms with Crippen LogP contribution in [0, 0.1) is 0 Å². The fraction of sp³-hybridized carbons (Fsp3) is 0.333. The number of aliphatic hydroxyl groups excluding tert-OH is 1.